The minimum atomic E-state index is -0.180. The highest BCUT2D eigenvalue weighted by molar-refractivity contribution is 9.10. The summed E-state index contributed by atoms with van der Waals surface area (Å²) in [6, 6.07) is 1.76. The lowest BCUT2D eigenvalue weighted by atomic mass is 10.3. The number of aromatic nitrogens is 1. The molecule has 4 nitrogen and oxygen atoms in total. The second-order valence-electron chi connectivity index (χ2n) is 2.35. The molecule has 13 heavy (non-hydrogen) atoms. The zero-order chi connectivity index (χ0) is 9.68. The molecule has 72 valence electrons. The minimum absolute atomic E-state index is 0.0138. The first-order valence-electron chi connectivity index (χ1n) is 3.66. The maximum absolute atomic E-state index is 10.7. The van der Waals surface area contributed by atoms with Gasteiger partial charge < -0.3 is 9.84 Å². The normalized spacial score (nSPS) is 10.0. The van der Waals surface area contributed by atoms with Crippen LogP contribution in [0.1, 0.15) is 5.76 Å². The number of nitrogens with zero attached hydrogens (tertiary/aromatic N) is 1. The first-order valence-corrected chi connectivity index (χ1v) is 4.99. The van der Waals surface area contributed by atoms with E-state index in [0.717, 1.165) is 5.76 Å². The Labute approximate surface area is 88.7 Å². The fraction of sp³-hybridized carbons (Fsp3) is 0.429. The molecular weight excluding hydrogens is 259 g/mol. The van der Waals surface area contributed by atoms with Gasteiger partial charge in [-0.15, -0.1) is 11.6 Å². The molecule has 1 heterocycles. The minimum Gasteiger partial charge on any atom is -0.360 e. The zero-order valence-corrected chi connectivity index (χ0v) is 9.06. The van der Waals surface area contributed by atoms with E-state index in [-0.39, 0.29) is 11.8 Å². The van der Waals surface area contributed by atoms with Crippen molar-refractivity contribution in [1.82, 2.24) is 10.5 Å². The fourth-order valence-electron chi connectivity index (χ4n) is 0.778. The lowest BCUT2D eigenvalue weighted by Gasteiger charge is -1.98. The highest BCUT2D eigenvalue weighted by atomic mass is 79.9. The Morgan fingerprint density at radius 2 is 2.54 bits per heavy atom. The molecule has 0 bridgehead atoms. The van der Waals surface area contributed by atoms with E-state index < -0.39 is 0 Å². The molecule has 0 aliphatic carbocycles. The van der Waals surface area contributed by atoms with Gasteiger partial charge in [0.25, 0.3) is 0 Å². The summed E-state index contributed by atoms with van der Waals surface area (Å²) in [6.07, 6.45) is 0.612. The topological polar surface area (TPSA) is 55.1 Å². The summed E-state index contributed by atoms with van der Waals surface area (Å²) in [5.41, 5.74) is 0. The molecule has 0 saturated carbocycles. The number of carbonyl (C=O) groups excluding carboxylic acids is 1. The first kappa shape index (κ1) is 10.5. The van der Waals surface area contributed by atoms with Gasteiger partial charge in [0.15, 0.2) is 0 Å². The third-order valence-corrected chi connectivity index (χ3v) is 1.96. The standard InChI is InChI=1S/C7H8BrClN2O2/c8-6-3-5(13-11-6)1-2-10-7(12)4-9/h3H,1-2,4H2,(H,10,12). The molecule has 0 unspecified atom stereocenters. The molecule has 0 atom stereocenters. The van der Waals surface area contributed by atoms with Gasteiger partial charge in [-0.05, 0) is 15.9 Å². The molecule has 0 radical (unpaired) electrons. The summed E-state index contributed by atoms with van der Waals surface area (Å²) in [4.78, 5) is 10.7. The number of nitrogens with one attached hydrogen (secondary N) is 1. The smallest absolute Gasteiger partial charge is 0.234 e. The van der Waals surface area contributed by atoms with E-state index in [4.69, 9.17) is 16.1 Å². The Bertz CT molecular complexity index is 290. The van der Waals surface area contributed by atoms with Crippen LogP contribution in [-0.2, 0) is 11.2 Å². The van der Waals surface area contributed by atoms with E-state index in [9.17, 15) is 4.79 Å². The monoisotopic (exact) mass is 266 g/mol. The lowest BCUT2D eigenvalue weighted by molar-refractivity contribution is -0.118. The maximum Gasteiger partial charge on any atom is 0.234 e. The molecular formula is C7H8BrClN2O2. The van der Waals surface area contributed by atoms with E-state index in [1.807, 2.05) is 0 Å². The molecule has 0 spiro atoms. The maximum atomic E-state index is 10.7. The molecule has 0 aliphatic rings. The number of amides is 1. The summed E-state index contributed by atoms with van der Waals surface area (Å²) in [5, 5.41) is 6.25. The molecule has 0 aliphatic heterocycles. The van der Waals surface area contributed by atoms with Crippen LogP contribution in [0, 0.1) is 0 Å². The zero-order valence-electron chi connectivity index (χ0n) is 6.72. The van der Waals surface area contributed by atoms with Crippen LogP contribution in [0.2, 0.25) is 0 Å². The number of alkyl halides is 1. The quantitative estimate of drug-likeness (QED) is 0.838. The largest absolute Gasteiger partial charge is 0.360 e. The summed E-state index contributed by atoms with van der Waals surface area (Å²) >= 11 is 8.44. The van der Waals surface area contributed by atoms with Crippen LogP contribution in [0.3, 0.4) is 0 Å². The van der Waals surface area contributed by atoms with Crippen molar-refractivity contribution >= 4 is 33.4 Å². The van der Waals surface area contributed by atoms with Crippen molar-refractivity contribution in [3.05, 3.63) is 16.4 Å². The SMILES string of the molecule is O=C(CCl)NCCc1cc(Br)no1. The van der Waals surface area contributed by atoms with Gasteiger partial charge in [0.2, 0.25) is 5.91 Å². The molecule has 0 saturated heterocycles. The van der Waals surface area contributed by atoms with Gasteiger partial charge in [0.05, 0.1) is 0 Å². The van der Waals surface area contributed by atoms with Crippen molar-refractivity contribution in [2.45, 2.75) is 6.42 Å². The van der Waals surface area contributed by atoms with Gasteiger partial charge in [-0.1, -0.05) is 5.16 Å². The first-order chi connectivity index (χ1) is 6.22. The predicted octanol–water partition coefficient (Wildman–Crippen LogP) is 1.33. The number of hydrogen-bond acceptors (Lipinski definition) is 3. The van der Waals surface area contributed by atoms with Crippen LogP contribution < -0.4 is 5.32 Å². The Balaban J connectivity index is 2.24. The number of rotatable bonds is 4. The van der Waals surface area contributed by atoms with Crippen molar-refractivity contribution < 1.29 is 9.32 Å². The van der Waals surface area contributed by atoms with Crippen molar-refractivity contribution in [3.8, 4) is 0 Å². The third-order valence-electron chi connectivity index (χ3n) is 1.35. The predicted molar refractivity (Wildman–Crippen MR) is 51.6 cm³/mol. The lowest BCUT2D eigenvalue weighted by Crippen LogP contribution is -2.26. The summed E-state index contributed by atoms with van der Waals surface area (Å²) in [6.45, 7) is 0.507. The summed E-state index contributed by atoms with van der Waals surface area (Å²) < 4.78 is 5.56. The van der Waals surface area contributed by atoms with Crippen LogP contribution in [-0.4, -0.2) is 23.5 Å². The van der Waals surface area contributed by atoms with E-state index in [2.05, 4.69) is 26.4 Å². The van der Waals surface area contributed by atoms with Gasteiger partial charge in [0.1, 0.15) is 16.2 Å². The Kier molecular flexibility index (Phi) is 4.24. The van der Waals surface area contributed by atoms with Gasteiger partial charge in [-0.25, -0.2) is 0 Å². The van der Waals surface area contributed by atoms with Gasteiger partial charge in [-0.3, -0.25) is 4.79 Å². The molecule has 1 aromatic rings. The van der Waals surface area contributed by atoms with Crippen LogP contribution in [0.25, 0.3) is 0 Å². The second kappa shape index (κ2) is 5.24. The number of carbonyl (C=O) groups is 1. The Hall–Kier alpha value is -0.550. The Morgan fingerprint density at radius 3 is 3.08 bits per heavy atom. The van der Waals surface area contributed by atoms with Crippen LogP contribution >= 0.6 is 27.5 Å². The third kappa shape index (κ3) is 3.78. The van der Waals surface area contributed by atoms with Gasteiger partial charge in [-0.2, -0.15) is 0 Å². The van der Waals surface area contributed by atoms with Crippen molar-refractivity contribution in [2.75, 3.05) is 12.4 Å². The van der Waals surface area contributed by atoms with E-state index in [1.54, 1.807) is 6.07 Å². The second-order valence-corrected chi connectivity index (χ2v) is 3.43. The summed E-state index contributed by atoms with van der Waals surface area (Å²) in [7, 11) is 0. The molecule has 0 aromatic carbocycles. The Morgan fingerprint density at radius 1 is 1.77 bits per heavy atom. The molecule has 1 N–H and O–H groups in total. The molecule has 1 rings (SSSR count). The molecule has 1 aromatic heterocycles. The van der Waals surface area contributed by atoms with Crippen LogP contribution in [0.4, 0.5) is 0 Å². The van der Waals surface area contributed by atoms with Crippen molar-refractivity contribution in [1.29, 1.82) is 0 Å². The van der Waals surface area contributed by atoms with E-state index >= 15 is 0 Å². The fourth-order valence-corrected chi connectivity index (χ4v) is 1.20. The average molecular weight is 268 g/mol. The van der Waals surface area contributed by atoms with Gasteiger partial charge >= 0.3 is 0 Å². The highest BCUT2D eigenvalue weighted by Gasteiger charge is 2.02. The molecule has 6 heteroatoms. The number of halogens is 2. The van der Waals surface area contributed by atoms with Crippen molar-refractivity contribution in [3.63, 3.8) is 0 Å². The summed E-state index contributed by atoms with van der Waals surface area (Å²) in [5.74, 6) is 0.530. The van der Waals surface area contributed by atoms with Gasteiger partial charge in [0, 0.05) is 19.0 Å². The molecule has 1 amide bonds. The van der Waals surface area contributed by atoms with Crippen LogP contribution in [0.15, 0.2) is 15.2 Å². The van der Waals surface area contributed by atoms with Crippen molar-refractivity contribution in [2.24, 2.45) is 0 Å². The van der Waals surface area contributed by atoms with E-state index in [1.165, 1.54) is 0 Å². The van der Waals surface area contributed by atoms with E-state index in [0.29, 0.717) is 17.6 Å². The van der Waals surface area contributed by atoms with Crippen LogP contribution in [0.5, 0.6) is 0 Å². The molecule has 0 fully saturated rings. The average Bonchev–Trinajstić information content (AvgIpc) is 2.51. The number of hydrogen-bond donors (Lipinski definition) is 1. The highest BCUT2D eigenvalue weighted by Crippen LogP contribution is 2.09.